The number of hydrogen-bond donors (Lipinski definition) is 2. The molecule has 2 N–H and O–H groups in total. The van der Waals surface area contributed by atoms with Crippen LogP contribution in [0.4, 0.5) is 6.01 Å². The highest BCUT2D eigenvalue weighted by atomic mass is 16.4. The number of carbonyl (C=O) groups excluding carboxylic acids is 1. The normalized spacial score (nSPS) is 18.1. The maximum atomic E-state index is 12.6. The fourth-order valence-electron chi connectivity index (χ4n) is 3.90. The number of rotatable bonds is 5. The zero-order valence-electron chi connectivity index (χ0n) is 17.5. The molecule has 154 valence electrons. The predicted octanol–water partition coefficient (Wildman–Crippen LogP) is 3.05. The van der Waals surface area contributed by atoms with Crippen LogP contribution in [-0.4, -0.2) is 59.0 Å². The number of piperazine rings is 1. The summed E-state index contributed by atoms with van der Waals surface area (Å²) in [5.74, 6) is 0.0204. The number of aromatic nitrogens is 2. The van der Waals surface area contributed by atoms with Crippen molar-refractivity contribution in [3.63, 3.8) is 0 Å². The van der Waals surface area contributed by atoms with Gasteiger partial charge in [-0.15, -0.1) is 0 Å². The van der Waals surface area contributed by atoms with Gasteiger partial charge in [0.1, 0.15) is 0 Å². The molecule has 1 atom stereocenters. The fourth-order valence-corrected chi connectivity index (χ4v) is 3.90. The van der Waals surface area contributed by atoms with Crippen molar-refractivity contribution >= 4 is 22.8 Å². The summed E-state index contributed by atoms with van der Waals surface area (Å²) in [4.78, 5) is 24.7. The topological polar surface area (TPSA) is 77.4 Å². The van der Waals surface area contributed by atoms with Crippen molar-refractivity contribution in [1.82, 2.24) is 20.2 Å². The van der Waals surface area contributed by atoms with Crippen molar-refractivity contribution < 1.29 is 9.21 Å². The Morgan fingerprint density at radius 3 is 2.93 bits per heavy atom. The van der Waals surface area contributed by atoms with Gasteiger partial charge in [0.2, 0.25) is 5.76 Å². The van der Waals surface area contributed by atoms with Crippen molar-refractivity contribution in [2.24, 2.45) is 0 Å². The highest BCUT2D eigenvalue weighted by molar-refractivity contribution is 5.91. The summed E-state index contributed by atoms with van der Waals surface area (Å²) >= 11 is 0. The maximum absolute atomic E-state index is 12.6. The van der Waals surface area contributed by atoms with Crippen LogP contribution in [-0.2, 0) is 6.42 Å². The number of carbonyl (C=O) groups is 1. The van der Waals surface area contributed by atoms with Gasteiger partial charge in [-0.3, -0.25) is 9.69 Å². The van der Waals surface area contributed by atoms with Gasteiger partial charge in [-0.25, -0.2) is 4.98 Å². The van der Waals surface area contributed by atoms with Crippen LogP contribution in [0, 0.1) is 0 Å². The molecule has 0 bridgehead atoms. The molecule has 3 heterocycles. The third-order valence-corrected chi connectivity index (χ3v) is 5.88. The molecule has 7 heteroatoms. The summed E-state index contributed by atoms with van der Waals surface area (Å²) in [7, 11) is 2.13. The van der Waals surface area contributed by atoms with E-state index < -0.39 is 0 Å². The van der Waals surface area contributed by atoms with Crippen LogP contribution in [0.1, 0.15) is 36.9 Å². The first kappa shape index (κ1) is 19.5. The molecular weight excluding hydrogens is 366 g/mol. The minimum Gasteiger partial charge on any atom is -0.418 e. The molecule has 1 aliphatic heterocycles. The lowest BCUT2D eigenvalue weighted by Crippen LogP contribution is -2.57. The Morgan fingerprint density at radius 2 is 2.14 bits per heavy atom. The number of oxazole rings is 1. The van der Waals surface area contributed by atoms with Crippen LogP contribution in [0.3, 0.4) is 0 Å². The molecule has 1 saturated heterocycles. The molecule has 1 fully saturated rings. The van der Waals surface area contributed by atoms with Crippen LogP contribution in [0.25, 0.3) is 10.9 Å². The second-order valence-electron chi connectivity index (χ2n) is 8.60. The van der Waals surface area contributed by atoms with Gasteiger partial charge in [-0.05, 0) is 45.9 Å². The summed E-state index contributed by atoms with van der Waals surface area (Å²) in [5, 5.41) is 4.21. The first-order chi connectivity index (χ1) is 13.8. The lowest BCUT2D eigenvalue weighted by molar-refractivity contribution is 0.0911. The van der Waals surface area contributed by atoms with Crippen LogP contribution in [0.5, 0.6) is 0 Å². The third kappa shape index (κ3) is 4.00. The number of para-hydroxylation sites is 1. The Hall–Kier alpha value is -2.80. The van der Waals surface area contributed by atoms with Crippen LogP contribution in [0.2, 0.25) is 0 Å². The third-order valence-electron chi connectivity index (χ3n) is 5.88. The number of amides is 1. The molecule has 0 spiro atoms. The Labute approximate surface area is 171 Å². The smallest absolute Gasteiger partial charge is 0.298 e. The van der Waals surface area contributed by atoms with E-state index in [2.05, 4.69) is 58.1 Å². The van der Waals surface area contributed by atoms with Crippen LogP contribution >= 0.6 is 0 Å². The van der Waals surface area contributed by atoms with E-state index in [0.29, 0.717) is 6.01 Å². The summed E-state index contributed by atoms with van der Waals surface area (Å²) in [6.07, 6.45) is 4.27. The van der Waals surface area contributed by atoms with Crippen LogP contribution in [0.15, 0.2) is 41.1 Å². The van der Waals surface area contributed by atoms with Gasteiger partial charge in [-0.2, -0.15) is 0 Å². The lowest BCUT2D eigenvalue weighted by atomic mass is 10.0. The number of hydrogen-bond acceptors (Lipinski definition) is 5. The predicted molar refractivity (Wildman–Crippen MR) is 114 cm³/mol. The molecule has 0 saturated carbocycles. The first-order valence-corrected chi connectivity index (χ1v) is 10.1. The molecule has 7 nitrogen and oxygen atoms in total. The van der Waals surface area contributed by atoms with Crippen molar-refractivity contribution in [1.29, 1.82) is 0 Å². The molecule has 29 heavy (non-hydrogen) atoms. The summed E-state index contributed by atoms with van der Waals surface area (Å²) in [6, 6.07) is 8.67. The average molecular weight is 396 g/mol. The lowest BCUT2D eigenvalue weighted by Gasteiger charge is -2.44. The van der Waals surface area contributed by atoms with E-state index in [1.54, 1.807) is 0 Å². The maximum Gasteiger partial charge on any atom is 0.298 e. The van der Waals surface area contributed by atoms with Gasteiger partial charge in [0.25, 0.3) is 11.9 Å². The van der Waals surface area contributed by atoms with E-state index in [-0.39, 0.29) is 23.2 Å². The standard InChI is InChI=1S/C22H29N5O2/c1-15(11-16-12-23-18-8-6-5-7-17(16)18)25-20(28)19-13-24-21(29-19)27-10-9-26(4)22(2,3)14-27/h5-8,12-13,15,23H,9-11,14H2,1-4H3,(H,25,28). The largest absolute Gasteiger partial charge is 0.418 e. The average Bonchev–Trinajstić information content (AvgIpc) is 3.32. The first-order valence-electron chi connectivity index (χ1n) is 10.1. The van der Waals surface area contributed by atoms with E-state index in [1.165, 1.54) is 17.1 Å². The highest BCUT2D eigenvalue weighted by Gasteiger charge is 2.33. The molecule has 1 unspecified atom stereocenters. The number of H-pyrrole nitrogens is 1. The van der Waals surface area contributed by atoms with Gasteiger partial charge in [0, 0.05) is 48.3 Å². The number of nitrogens with zero attached hydrogens (tertiary/aromatic N) is 3. The van der Waals surface area contributed by atoms with Crippen molar-refractivity contribution in [2.75, 3.05) is 31.6 Å². The van der Waals surface area contributed by atoms with E-state index >= 15 is 0 Å². The number of anilines is 1. The Kier molecular flexibility index (Phi) is 5.08. The fraction of sp³-hybridized carbons (Fsp3) is 0.455. The van der Waals surface area contributed by atoms with E-state index in [9.17, 15) is 4.79 Å². The van der Waals surface area contributed by atoms with E-state index in [1.807, 2.05) is 25.3 Å². The van der Waals surface area contributed by atoms with Crippen LogP contribution < -0.4 is 10.2 Å². The Balaban J connectivity index is 1.39. The molecule has 1 aliphatic rings. The number of nitrogens with one attached hydrogen (secondary N) is 2. The summed E-state index contributed by atoms with van der Waals surface area (Å²) < 4.78 is 5.80. The number of benzene rings is 1. The molecular formula is C22H29N5O2. The summed E-state index contributed by atoms with van der Waals surface area (Å²) in [6.45, 7) is 8.96. The molecule has 2 aromatic heterocycles. The molecule has 0 aliphatic carbocycles. The molecule has 1 aromatic carbocycles. The van der Waals surface area contributed by atoms with Crippen molar-refractivity contribution in [3.05, 3.63) is 48.0 Å². The molecule has 0 radical (unpaired) electrons. The number of aromatic amines is 1. The zero-order chi connectivity index (χ0) is 20.6. The number of likely N-dealkylation sites (N-methyl/N-ethyl adjacent to an activating group) is 1. The molecule has 1 amide bonds. The summed E-state index contributed by atoms with van der Waals surface area (Å²) in [5.41, 5.74) is 2.32. The van der Waals surface area contributed by atoms with E-state index in [4.69, 9.17) is 4.42 Å². The Bertz CT molecular complexity index is 1010. The molecule has 4 rings (SSSR count). The van der Waals surface area contributed by atoms with Gasteiger partial charge < -0.3 is 19.6 Å². The molecule has 3 aromatic rings. The van der Waals surface area contributed by atoms with Crippen molar-refractivity contribution in [2.45, 2.75) is 38.8 Å². The minimum atomic E-state index is -0.232. The minimum absolute atomic E-state index is 0.0298. The van der Waals surface area contributed by atoms with Gasteiger partial charge in [0.15, 0.2) is 0 Å². The number of fused-ring (bicyclic) bond motifs is 1. The zero-order valence-corrected chi connectivity index (χ0v) is 17.5. The van der Waals surface area contributed by atoms with E-state index in [0.717, 1.165) is 31.6 Å². The monoisotopic (exact) mass is 395 g/mol. The van der Waals surface area contributed by atoms with Gasteiger partial charge >= 0.3 is 0 Å². The van der Waals surface area contributed by atoms with Gasteiger partial charge in [0.05, 0.1) is 6.20 Å². The van der Waals surface area contributed by atoms with Gasteiger partial charge in [-0.1, -0.05) is 18.2 Å². The second kappa shape index (κ2) is 7.55. The highest BCUT2D eigenvalue weighted by Crippen LogP contribution is 2.24. The quantitative estimate of drug-likeness (QED) is 0.694. The SMILES string of the molecule is CC(Cc1c[nH]c2ccccc12)NC(=O)c1cnc(N2CCN(C)C(C)(C)C2)o1. The second-order valence-corrected chi connectivity index (χ2v) is 8.60. The Morgan fingerprint density at radius 1 is 1.34 bits per heavy atom. The van der Waals surface area contributed by atoms with Crippen molar-refractivity contribution in [3.8, 4) is 0 Å².